The summed E-state index contributed by atoms with van der Waals surface area (Å²) < 4.78 is 0. The van der Waals surface area contributed by atoms with Gasteiger partial charge in [0.2, 0.25) is 0 Å². The first kappa shape index (κ1) is 219. The molecule has 0 heterocycles. The summed E-state index contributed by atoms with van der Waals surface area (Å²) in [6.45, 7) is 0. The molecule has 0 nitrogen and oxygen atoms in total. The van der Waals surface area contributed by atoms with Crippen LogP contribution in [0.3, 0.4) is 0 Å². The van der Waals surface area contributed by atoms with Gasteiger partial charge in [-0.05, 0) is 76.8 Å². The molecule has 0 unspecified atom stereocenters. The summed E-state index contributed by atoms with van der Waals surface area (Å²) in [5, 5.41) is 0. The van der Waals surface area contributed by atoms with Gasteiger partial charge in [0, 0.05) is 0 Å². The molecule has 0 bridgehead atoms. The SMILES string of the molecule is [GeH4].[GeH4].[GeH4].[GeH4].[GeH4].[GeH4].[SiH4].[SiH4].[SiH4].[SiH4].[SiH4].[SiH4].[SiH4]. The van der Waals surface area contributed by atoms with Crippen LogP contribution in [0.2, 0.25) is 0 Å². The standard InChI is InChI=1S/6GeH4.7H4Si/h13*1H4. The van der Waals surface area contributed by atoms with Crippen LogP contribution in [0.25, 0.3) is 0 Å². The van der Waals surface area contributed by atoms with Gasteiger partial charge in [-0.25, -0.2) is 0 Å². The molecule has 13 heavy (non-hydrogen) atoms. The Morgan fingerprint density at radius 2 is 0.154 bits per heavy atom. The van der Waals surface area contributed by atoms with Gasteiger partial charge in [0.1, 0.15) is 0 Å². The van der Waals surface area contributed by atoms with E-state index < -0.39 is 0 Å². The monoisotopic (exact) mass is 692 g/mol. The van der Waals surface area contributed by atoms with Crippen LogP contribution in [-0.2, 0) is 0 Å². The number of hydrogen-bond acceptors (Lipinski definition) is 0. The molecule has 0 saturated heterocycles. The van der Waals surface area contributed by atoms with Gasteiger partial charge in [0.05, 0.1) is 0 Å². The molecule has 0 atom stereocenters. The molecule has 0 rings (SSSR count). The minimum atomic E-state index is 0. The molecule has 0 amide bonds. The largest absolute Gasteiger partial charge is 0.0149 e. The van der Waals surface area contributed by atoms with E-state index in [2.05, 4.69) is 0 Å². The molecule has 0 aromatic carbocycles. The maximum Gasteiger partial charge on any atom is -0.0149 e. The van der Waals surface area contributed by atoms with E-state index in [4.69, 9.17) is 0 Å². The van der Waals surface area contributed by atoms with Crippen LogP contribution in [0.15, 0.2) is 0 Å². The molecular formula is H52Ge6Si7. The van der Waals surface area contributed by atoms with Crippen LogP contribution < -0.4 is 0 Å². The molecule has 0 spiro atoms. The van der Waals surface area contributed by atoms with E-state index in [0.717, 1.165) is 0 Å². The van der Waals surface area contributed by atoms with Crippen molar-refractivity contribution >= 4 is 182 Å². The fourth-order valence-electron chi connectivity index (χ4n) is 0. The summed E-state index contributed by atoms with van der Waals surface area (Å²) in [4.78, 5) is 0. The van der Waals surface area contributed by atoms with Gasteiger partial charge in [-0.1, -0.05) is 0 Å². The van der Waals surface area contributed by atoms with Crippen molar-refractivity contribution in [1.29, 1.82) is 0 Å². The van der Waals surface area contributed by atoms with Crippen molar-refractivity contribution in [3.63, 3.8) is 0 Å². The van der Waals surface area contributed by atoms with Gasteiger partial charge in [-0.15, -0.1) is 0 Å². The Bertz CT molecular complexity index is 12.9. The third kappa shape index (κ3) is 161. The zero-order valence-electron chi connectivity index (χ0n) is 0. The Balaban J connectivity index is 0. The van der Waals surface area contributed by atoms with E-state index in [1.807, 2.05) is 0 Å². The van der Waals surface area contributed by atoms with Crippen LogP contribution in [0, 0.1) is 0 Å². The molecule has 104 valence electrons. The minimum Gasteiger partial charge on any atom is -0.0149 e. The average Bonchev–Trinajstić information content (AvgIpc) is 0. The first-order valence-electron chi connectivity index (χ1n) is 0. The van der Waals surface area contributed by atoms with E-state index in [1.54, 1.807) is 0 Å². The van der Waals surface area contributed by atoms with E-state index in [1.165, 1.54) is 0 Å². The van der Waals surface area contributed by atoms with E-state index in [9.17, 15) is 0 Å². The van der Waals surface area contributed by atoms with E-state index in [0.29, 0.717) is 0 Å². The Morgan fingerprint density at radius 1 is 0.154 bits per heavy atom. The smallest absolute Gasteiger partial charge is 0.0149 e. The van der Waals surface area contributed by atoms with Crippen molar-refractivity contribution in [2.24, 2.45) is 0 Å². The molecule has 0 aliphatic heterocycles. The maximum absolute atomic E-state index is 0. The van der Waals surface area contributed by atoms with E-state index >= 15 is 0 Å². The first-order chi connectivity index (χ1) is 0. The van der Waals surface area contributed by atoms with Crippen molar-refractivity contribution in [1.82, 2.24) is 0 Å². The minimum absolute atomic E-state index is 0. The van der Waals surface area contributed by atoms with Crippen molar-refractivity contribution in [2.45, 2.75) is 0 Å². The van der Waals surface area contributed by atoms with Crippen LogP contribution in [0.1, 0.15) is 0 Å². The average molecular weight is 685 g/mol. The van der Waals surface area contributed by atoms with Gasteiger partial charge in [-0.2, -0.15) is 0 Å². The number of rotatable bonds is 0. The normalized spacial score (nSPS) is 0. The van der Waals surface area contributed by atoms with Gasteiger partial charge in [0.25, 0.3) is 0 Å². The Labute approximate surface area is 179 Å². The molecule has 0 aromatic heterocycles. The molecule has 0 radical (unpaired) electrons. The predicted octanol–water partition coefficient (Wildman–Crippen LogP) is -18.9. The Morgan fingerprint density at radius 3 is 0.154 bits per heavy atom. The first-order valence-corrected chi connectivity index (χ1v) is 0. The summed E-state index contributed by atoms with van der Waals surface area (Å²) in [6, 6.07) is 0. The second kappa shape index (κ2) is 183. The second-order valence-electron chi connectivity index (χ2n) is 0. The molecule has 0 N–H and O–H groups in total. The van der Waals surface area contributed by atoms with Crippen LogP contribution in [-0.4, -0.2) is 182 Å². The predicted molar refractivity (Wildman–Crippen MR) is 147 cm³/mol. The third-order valence-corrected chi connectivity index (χ3v) is 0. The van der Waals surface area contributed by atoms with Gasteiger partial charge in [0.15, 0.2) is 0 Å². The molecule has 0 aliphatic carbocycles. The molecule has 0 saturated carbocycles. The zero-order valence-corrected chi connectivity index (χ0v) is 0. The molecule has 0 fully saturated rings. The summed E-state index contributed by atoms with van der Waals surface area (Å²) in [5.41, 5.74) is 0. The summed E-state index contributed by atoms with van der Waals surface area (Å²) in [6.07, 6.45) is 0. The van der Waals surface area contributed by atoms with Crippen LogP contribution in [0.5, 0.6) is 0 Å². The molecule has 0 aromatic rings. The van der Waals surface area contributed by atoms with Gasteiger partial charge in [-0.3, -0.25) is 0 Å². The summed E-state index contributed by atoms with van der Waals surface area (Å²) in [5.74, 6) is 0. The Kier molecular flexibility index (Phi) is 3090. The fourth-order valence-corrected chi connectivity index (χ4v) is 0. The third-order valence-electron chi connectivity index (χ3n) is 0. The zero-order chi connectivity index (χ0) is 0. The summed E-state index contributed by atoms with van der Waals surface area (Å²) in [7, 11) is 0. The van der Waals surface area contributed by atoms with Crippen molar-refractivity contribution in [3.8, 4) is 0 Å². The van der Waals surface area contributed by atoms with Gasteiger partial charge >= 0.3 is 106 Å². The van der Waals surface area contributed by atoms with E-state index in [-0.39, 0.29) is 182 Å². The van der Waals surface area contributed by atoms with Crippen LogP contribution >= 0.6 is 0 Å². The van der Waals surface area contributed by atoms with Crippen molar-refractivity contribution in [2.75, 3.05) is 0 Å². The Hall–Kier alpha value is 4.78. The topological polar surface area (TPSA) is 0 Å². The molecule has 0 aliphatic rings. The number of hydrogen-bond donors (Lipinski definition) is 0. The summed E-state index contributed by atoms with van der Waals surface area (Å²) >= 11 is 0. The fraction of sp³-hybridized carbons (Fsp3) is 0. The quantitative estimate of drug-likeness (QED) is 0.223. The molecular weight excluding hydrogens is 632 g/mol. The second-order valence-corrected chi connectivity index (χ2v) is 0. The molecule has 13 heteroatoms. The van der Waals surface area contributed by atoms with Crippen molar-refractivity contribution in [3.05, 3.63) is 0 Å². The van der Waals surface area contributed by atoms with Crippen LogP contribution in [0.4, 0.5) is 0 Å². The van der Waals surface area contributed by atoms with Gasteiger partial charge < -0.3 is 0 Å². The maximum atomic E-state index is 0. The van der Waals surface area contributed by atoms with Crippen molar-refractivity contribution < 1.29 is 0 Å².